The summed E-state index contributed by atoms with van der Waals surface area (Å²) in [5, 5.41) is 0. The molecule has 0 unspecified atom stereocenters. The molecule has 0 amide bonds. The number of pyridine rings is 1. The highest BCUT2D eigenvalue weighted by molar-refractivity contribution is 5.68. The first kappa shape index (κ1) is 10.9. The second-order valence-electron chi connectivity index (χ2n) is 3.75. The molecule has 0 radical (unpaired) electrons. The summed E-state index contributed by atoms with van der Waals surface area (Å²) in [4.78, 5) is 7.56. The van der Waals surface area contributed by atoms with E-state index in [2.05, 4.69) is 9.97 Å². The number of hydrogen-bond donors (Lipinski definition) is 0. The zero-order valence-corrected chi connectivity index (χ0v) is 8.67. The Balaban J connectivity index is 2.54. The van der Waals surface area contributed by atoms with Crippen LogP contribution in [-0.2, 0) is 6.18 Å². The molecule has 86 valence electrons. The standard InChI is InChI=1S/C10H9F3N2O/c1-5(2)8-15-7-3-6(10(11,12)13)4-14-9(7)16-8/h3-5H,1-2H3. The number of nitrogens with zero attached hydrogens (tertiary/aromatic N) is 2. The highest BCUT2D eigenvalue weighted by atomic mass is 19.4. The highest BCUT2D eigenvalue weighted by Crippen LogP contribution is 2.30. The lowest BCUT2D eigenvalue weighted by Crippen LogP contribution is -2.04. The molecule has 0 saturated heterocycles. The van der Waals surface area contributed by atoms with Gasteiger partial charge in [0, 0.05) is 12.1 Å². The van der Waals surface area contributed by atoms with Crippen LogP contribution < -0.4 is 0 Å². The number of aromatic nitrogens is 2. The van der Waals surface area contributed by atoms with E-state index >= 15 is 0 Å². The first-order valence-electron chi connectivity index (χ1n) is 4.71. The van der Waals surface area contributed by atoms with E-state index in [0.29, 0.717) is 5.89 Å². The molecule has 0 atom stereocenters. The molecule has 0 saturated carbocycles. The van der Waals surface area contributed by atoms with Crippen molar-refractivity contribution in [2.45, 2.75) is 25.9 Å². The topological polar surface area (TPSA) is 38.9 Å². The van der Waals surface area contributed by atoms with Crippen molar-refractivity contribution in [2.75, 3.05) is 0 Å². The fourth-order valence-electron chi connectivity index (χ4n) is 1.24. The quantitative estimate of drug-likeness (QED) is 0.753. The molecule has 6 heteroatoms. The molecule has 0 aliphatic carbocycles. The second kappa shape index (κ2) is 3.47. The number of hydrogen-bond acceptors (Lipinski definition) is 3. The van der Waals surface area contributed by atoms with Gasteiger partial charge >= 0.3 is 6.18 Å². The molecule has 2 heterocycles. The van der Waals surface area contributed by atoms with Crippen molar-refractivity contribution in [3.8, 4) is 0 Å². The monoisotopic (exact) mass is 230 g/mol. The zero-order chi connectivity index (χ0) is 11.9. The summed E-state index contributed by atoms with van der Waals surface area (Å²) in [5.41, 5.74) is -0.543. The molecule has 0 bridgehead atoms. The Labute approximate surface area is 89.3 Å². The predicted molar refractivity (Wildman–Crippen MR) is 50.9 cm³/mol. The van der Waals surface area contributed by atoms with Crippen molar-refractivity contribution in [2.24, 2.45) is 0 Å². The van der Waals surface area contributed by atoms with Crippen molar-refractivity contribution < 1.29 is 17.6 Å². The maximum absolute atomic E-state index is 12.4. The Morgan fingerprint density at radius 1 is 1.31 bits per heavy atom. The SMILES string of the molecule is CC(C)c1nc2cc(C(F)(F)F)cnc2o1. The summed E-state index contributed by atoms with van der Waals surface area (Å²) in [5.74, 6) is 0.408. The first-order valence-corrected chi connectivity index (χ1v) is 4.71. The number of oxazole rings is 1. The zero-order valence-electron chi connectivity index (χ0n) is 8.67. The van der Waals surface area contributed by atoms with E-state index < -0.39 is 11.7 Å². The van der Waals surface area contributed by atoms with Gasteiger partial charge in [0.2, 0.25) is 5.71 Å². The van der Waals surface area contributed by atoms with Crippen LogP contribution in [-0.4, -0.2) is 9.97 Å². The van der Waals surface area contributed by atoms with E-state index in [1.54, 1.807) is 0 Å². The third-order valence-corrected chi connectivity index (χ3v) is 2.09. The smallest absolute Gasteiger partial charge is 0.417 e. The molecule has 0 aliphatic rings. The van der Waals surface area contributed by atoms with Gasteiger partial charge in [-0.1, -0.05) is 13.8 Å². The molecule has 0 aliphatic heterocycles. The molecule has 2 aromatic rings. The lowest BCUT2D eigenvalue weighted by atomic mass is 10.2. The summed E-state index contributed by atoms with van der Waals surface area (Å²) >= 11 is 0. The van der Waals surface area contributed by atoms with Crippen molar-refractivity contribution in [3.05, 3.63) is 23.7 Å². The summed E-state index contributed by atoms with van der Waals surface area (Å²) in [6, 6.07) is 0.942. The Morgan fingerprint density at radius 3 is 2.56 bits per heavy atom. The van der Waals surface area contributed by atoms with Gasteiger partial charge in [-0.3, -0.25) is 0 Å². The third-order valence-electron chi connectivity index (χ3n) is 2.09. The van der Waals surface area contributed by atoms with Crippen molar-refractivity contribution in [1.29, 1.82) is 0 Å². The van der Waals surface area contributed by atoms with Crippen LogP contribution in [0.3, 0.4) is 0 Å². The molecular weight excluding hydrogens is 221 g/mol. The van der Waals surface area contributed by atoms with Crippen LogP contribution in [0.15, 0.2) is 16.7 Å². The van der Waals surface area contributed by atoms with E-state index in [-0.39, 0.29) is 17.1 Å². The van der Waals surface area contributed by atoms with Crippen molar-refractivity contribution in [1.82, 2.24) is 9.97 Å². The van der Waals surface area contributed by atoms with Crippen LogP contribution in [0, 0.1) is 0 Å². The Hall–Kier alpha value is -1.59. The van der Waals surface area contributed by atoms with E-state index in [4.69, 9.17) is 4.42 Å². The number of alkyl halides is 3. The highest BCUT2D eigenvalue weighted by Gasteiger charge is 2.31. The minimum atomic E-state index is -4.40. The molecular formula is C10H9F3N2O. The maximum Gasteiger partial charge on any atom is 0.417 e. The minimum absolute atomic E-state index is 0.0172. The van der Waals surface area contributed by atoms with Gasteiger partial charge in [-0.05, 0) is 6.07 Å². The van der Waals surface area contributed by atoms with Crippen LogP contribution in [0.5, 0.6) is 0 Å². The summed E-state index contributed by atoms with van der Waals surface area (Å²) in [6.45, 7) is 3.69. The Bertz CT molecular complexity index is 516. The van der Waals surface area contributed by atoms with E-state index in [1.165, 1.54) is 0 Å². The summed E-state index contributed by atoms with van der Waals surface area (Å²) in [7, 11) is 0. The van der Waals surface area contributed by atoms with E-state index in [0.717, 1.165) is 12.3 Å². The average molecular weight is 230 g/mol. The summed E-state index contributed by atoms with van der Waals surface area (Å²) in [6.07, 6.45) is -3.66. The van der Waals surface area contributed by atoms with E-state index in [9.17, 15) is 13.2 Å². The fraction of sp³-hybridized carbons (Fsp3) is 0.400. The van der Waals surface area contributed by atoms with Crippen LogP contribution in [0.2, 0.25) is 0 Å². The van der Waals surface area contributed by atoms with Crippen molar-refractivity contribution >= 4 is 11.2 Å². The average Bonchev–Trinajstić information content (AvgIpc) is 2.58. The first-order chi connectivity index (χ1) is 7.38. The molecule has 2 rings (SSSR count). The normalized spacial score (nSPS) is 12.6. The van der Waals surface area contributed by atoms with Gasteiger partial charge in [-0.15, -0.1) is 0 Å². The van der Waals surface area contributed by atoms with Gasteiger partial charge < -0.3 is 4.42 Å². The van der Waals surface area contributed by atoms with E-state index in [1.807, 2.05) is 13.8 Å². The minimum Gasteiger partial charge on any atom is -0.422 e. The fourth-order valence-corrected chi connectivity index (χ4v) is 1.24. The lowest BCUT2D eigenvalue weighted by molar-refractivity contribution is -0.137. The molecule has 0 N–H and O–H groups in total. The predicted octanol–water partition coefficient (Wildman–Crippen LogP) is 3.37. The summed E-state index contributed by atoms with van der Waals surface area (Å²) < 4.78 is 42.4. The Morgan fingerprint density at radius 2 is 2.00 bits per heavy atom. The van der Waals surface area contributed by atoms with Gasteiger partial charge in [0.1, 0.15) is 5.52 Å². The largest absolute Gasteiger partial charge is 0.422 e. The Kier molecular flexibility index (Phi) is 2.36. The number of fused-ring (bicyclic) bond motifs is 1. The van der Waals surface area contributed by atoms with Crippen LogP contribution >= 0.6 is 0 Å². The third kappa shape index (κ3) is 1.87. The second-order valence-corrected chi connectivity index (χ2v) is 3.75. The molecule has 0 aromatic carbocycles. The van der Waals surface area contributed by atoms with Gasteiger partial charge in [0.15, 0.2) is 5.89 Å². The molecule has 2 aromatic heterocycles. The van der Waals surface area contributed by atoms with Crippen molar-refractivity contribution in [3.63, 3.8) is 0 Å². The van der Waals surface area contributed by atoms with Gasteiger partial charge in [-0.25, -0.2) is 9.97 Å². The maximum atomic E-state index is 12.4. The molecule has 16 heavy (non-hydrogen) atoms. The molecule has 3 nitrogen and oxygen atoms in total. The number of halogens is 3. The number of rotatable bonds is 1. The lowest BCUT2D eigenvalue weighted by Gasteiger charge is -2.03. The van der Waals surface area contributed by atoms with Gasteiger partial charge in [0.25, 0.3) is 0 Å². The van der Waals surface area contributed by atoms with Crippen LogP contribution in [0.4, 0.5) is 13.2 Å². The van der Waals surface area contributed by atoms with Gasteiger partial charge in [0.05, 0.1) is 5.56 Å². The molecule has 0 spiro atoms. The van der Waals surface area contributed by atoms with Crippen LogP contribution in [0.25, 0.3) is 11.2 Å². The molecule has 0 fully saturated rings. The van der Waals surface area contributed by atoms with Crippen LogP contribution in [0.1, 0.15) is 31.2 Å². The van der Waals surface area contributed by atoms with Gasteiger partial charge in [-0.2, -0.15) is 13.2 Å².